The number of nitrogens with zero attached hydrogens (tertiary/aromatic N) is 1. The summed E-state index contributed by atoms with van der Waals surface area (Å²) in [6.07, 6.45) is 0. The molecular formula is C13H15ClN2O2. The Bertz CT molecular complexity index is 516. The molecule has 2 rings (SSSR count). The topological polar surface area (TPSA) is 49.4 Å². The molecule has 1 aromatic rings. The van der Waals surface area contributed by atoms with Gasteiger partial charge in [0.05, 0.1) is 10.7 Å². The minimum absolute atomic E-state index is 0.146. The molecule has 1 saturated heterocycles. The van der Waals surface area contributed by atoms with Gasteiger partial charge in [-0.25, -0.2) is 0 Å². The second-order valence-electron chi connectivity index (χ2n) is 4.57. The first-order valence-corrected chi connectivity index (χ1v) is 6.19. The molecule has 5 heteroatoms. The molecule has 4 nitrogen and oxygen atoms in total. The molecular weight excluding hydrogens is 252 g/mol. The highest BCUT2D eigenvalue weighted by Crippen LogP contribution is 2.30. The third-order valence-corrected chi connectivity index (χ3v) is 3.40. The molecule has 1 aromatic carbocycles. The third-order valence-electron chi connectivity index (χ3n) is 3.10. The van der Waals surface area contributed by atoms with Gasteiger partial charge in [-0.05, 0) is 38.5 Å². The van der Waals surface area contributed by atoms with Gasteiger partial charge in [-0.15, -0.1) is 0 Å². The molecule has 2 unspecified atom stereocenters. The lowest BCUT2D eigenvalue weighted by Crippen LogP contribution is -2.61. The monoisotopic (exact) mass is 266 g/mol. The van der Waals surface area contributed by atoms with E-state index >= 15 is 0 Å². The van der Waals surface area contributed by atoms with Crippen LogP contribution in [0.4, 0.5) is 5.69 Å². The molecule has 1 fully saturated rings. The second kappa shape index (κ2) is 4.61. The first kappa shape index (κ1) is 12.9. The predicted octanol–water partition coefficient (Wildman–Crippen LogP) is 1.89. The molecule has 2 amide bonds. The van der Waals surface area contributed by atoms with Crippen LogP contribution < -0.4 is 10.2 Å². The number of hydrogen-bond donors (Lipinski definition) is 1. The quantitative estimate of drug-likeness (QED) is 0.844. The van der Waals surface area contributed by atoms with Gasteiger partial charge in [0.25, 0.3) is 0 Å². The summed E-state index contributed by atoms with van der Waals surface area (Å²) in [7, 11) is 0. The Labute approximate surface area is 111 Å². The van der Waals surface area contributed by atoms with Gasteiger partial charge >= 0.3 is 0 Å². The molecule has 1 aliphatic heterocycles. The highest BCUT2D eigenvalue weighted by Gasteiger charge is 2.37. The van der Waals surface area contributed by atoms with Gasteiger partial charge in [-0.3, -0.25) is 14.5 Å². The fraction of sp³-hybridized carbons (Fsp3) is 0.385. The van der Waals surface area contributed by atoms with Crippen LogP contribution in [0.1, 0.15) is 19.4 Å². The van der Waals surface area contributed by atoms with Crippen LogP contribution in [0.3, 0.4) is 0 Å². The van der Waals surface area contributed by atoms with Gasteiger partial charge in [-0.2, -0.15) is 0 Å². The van der Waals surface area contributed by atoms with E-state index in [1.54, 1.807) is 26.0 Å². The van der Waals surface area contributed by atoms with E-state index < -0.39 is 12.1 Å². The third kappa shape index (κ3) is 2.08. The van der Waals surface area contributed by atoms with Crippen molar-refractivity contribution in [2.45, 2.75) is 32.9 Å². The number of carbonyl (C=O) groups excluding carboxylic acids is 2. The molecule has 0 spiro atoms. The number of hydrogen-bond acceptors (Lipinski definition) is 2. The van der Waals surface area contributed by atoms with Crippen LogP contribution in [0.25, 0.3) is 0 Å². The predicted molar refractivity (Wildman–Crippen MR) is 70.7 cm³/mol. The Kier molecular flexibility index (Phi) is 3.30. The Morgan fingerprint density at radius 3 is 2.56 bits per heavy atom. The van der Waals surface area contributed by atoms with Gasteiger partial charge in [-0.1, -0.05) is 17.7 Å². The maximum atomic E-state index is 12.2. The number of amides is 2. The summed E-state index contributed by atoms with van der Waals surface area (Å²) in [5.74, 6) is -0.313. The van der Waals surface area contributed by atoms with E-state index in [1.807, 2.05) is 13.0 Å². The van der Waals surface area contributed by atoms with E-state index in [9.17, 15) is 9.59 Å². The number of piperazine rings is 1. The minimum Gasteiger partial charge on any atom is -0.343 e. The summed E-state index contributed by atoms with van der Waals surface area (Å²) in [6, 6.07) is 4.36. The lowest BCUT2D eigenvalue weighted by atomic mass is 10.1. The number of anilines is 1. The highest BCUT2D eigenvalue weighted by atomic mass is 35.5. The van der Waals surface area contributed by atoms with Crippen molar-refractivity contribution in [2.24, 2.45) is 0 Å². The van der Waals surface area contributed by atoms with E-state index in [-0.39, 0.29) is 11.8 Å². The van der Waals surface area contributed by atoms with E-state index in [2.05, 4.69) is 5.32 Å². The van der Waals surface area contributed by atoms with Crippen LogP contribution in [0.5, 0.6) is 0 Å². The number of benzene rings is 1. The van der Waals surface area contributed by atoms with Crippen LogP contribution in [-0.2, 0) is 9.59 Å². The van der Waals surface area contributed by atoms with Gasteiger partial charge < -0.3 is 5.32 Å². The summed E-state index contributed by atoms with van der Waals surface area (Å²) >= 11 is 6.16. The van der Waals surface area contributed by atoms with Crippen LogP contribution in [-0.4, -0.2) is 23.9 Å². The minimum atomic E-state index is -0.547. The molecule has 18 heavy (non-hydrogen) atoms. The van der Waals surface area contributed by atoms with Gasteiger partial charge in [0.2, 0.25) is 11.8 Å². The van der Waals surface area contributed by atoms with Gasteiger partial charge in [0.1, 0.15) is 12.1 Å². The average Bonchev–Trinajstić information content (AvgIpc) is 2.29. The maximum Gasteiger partial charge on any atom is 0.250 e. The molecule has 2 atom stereocenters. The average molecular weight is 267 g/mol. The zero-order valence-corrected chi connectivity index (χ0v) is 11.3. The SMILES string of the molecule is Cc1ccc(N2C(=O)C(C)NC(=O)C2C)c(Cl)c1. The largest absolute Gasteiger partial charge is 0.343 e. The zero-order chi connectivity index (χ0) is 13.4. The second-order valence-corrected chi connectivity index (χ2v) is 4.98. The number of aryl methyl sites for hydroxylation is 1. The van der Waals surface area contributed by atoms with Gasteiger partial charge in [0.15, 0.2) is 0 Å². The molecule has 1 aliphatic rings. The standard InChI is InChI=1S/C13H15ClN2O2/c1-7-4-5-11(10(14)6-7)16-9(3)12(17)15-8(2)13(16)18/h4-6,8-9H,1-3H3,(H,15,17). The zero-order valence-electron chi connectivity index (χ0n) is 10.5. The van der Waals surface area contributed by atoms with Crippen molar-refractivity contribution in [1.82, 2.24) is 5.32 Å². The Balaban J connectivity index is 2.46. The number of carbonyl (C=O) groups is 2. The fourth-order valence-electron chi connectivity index (χ4n) is 2.05. The van der Waals surface area contributed by atoms with Crippen LogP contribution in [0.2, 0.25) is 5.02 Å². The molecule has 1 N–H and O–H groups in total. The lowest BCUT2D eigenvalue weighted by Gasteiger charge is -2.36. The Hall–Kier alpha value is -1.55. The smallest absolute Gasteiger partial charge is 0.250 e. The van der Waals surface area contributed by atoms with Crippen molar-refractivity contribution in [3.05, 3.63) is 28.8 Å². The molecule has 0 radical (unpaired) electrons. The summed E-state index contributed by atoms with van der Waals surface area (Å²) in [6.45, 7) is 5.28. The Morgan fingerprint density at radius 1 is 1.28 bits per heavy atom. The van der Waals surface area contributed by atoms with Crippen LogP contribution in [0.15, 0.2) is 18.2 Å². The van der Waals surface area contributed by atoms with Crippen molar-refractivity contribution >= 4 is 29.1 Å². The van der Waals surface area contributed by atoms with Crippen molar-refractivity contribution in [2.75, 3.05) is 4.90 Å². The molecule has 96 valence electrons. The van der Waals surface area contributed by atoms with Gasteiger partial charge in [0, 0.05) is 0 Å². The summed E-state index contributed by atoms with van der Waals surface area (Å²) in [5.41, 5.74) is 1.60. The first-order valence-electron chi connectivity index (χ1n) is 5.81. The van der Waals surface area contributed by atoms with Crippen molar-refractivity contribution in [3.63, 3.8) is 0 Å². The van der Waals surface area contributed by atoms with E-state index in [1.165, 1.54) is 4.90 Å². The van der Waals surface area contributed by atoms with Crippen LogP contribution >= 0.6 is 11.6 Å². The van der Waals surface area contributed by atoms with E-state index in [0.29, 0.717) is 10.7 Å². The van der Waals surface area contributed by atoms with Crippen molar-refractivity contribution in [1.29, 1.82) is 0 Å². The summed E-state index contributed by atoms with van der Waals surface area (Å²) in [5, 5.41) is 3.12. The molecule has 0 aliphatic carbocycles. The molecule has 0 saturated carbocycles. The normalized spacial score (nSPS) is 24.1. The fourth-order valence-corrected chi connectivity index (χ4v) is 2.37. The highest BCUT2D eigenvalue weighted by molar-refractivity contribution is 6.34. The number of halogens is 1. The lowest BCUT2D eigenvalue weighted by molar-refractivity contribution is -0.133. The van der Waals surface area contributed by atoms with E-state index in [0.717, 1.165) is 5.56 Å². The van der Waals surface area contributed by atoms with Crippen LogP contribution in [0, 0.1) is 6.92 Å². The number of nitrogens with one attached hydrogen (secondary N) is 1. The van der Waals surface area contributed by atoms with E-state index in [4.69, 9.17) is 11.6 Å². The molecule has 0 aromatic heterocycles. The first-order chi connectivity index (χ1) is 8.41. The van der Waals surface area contributed by atoms with Crippen molar-refractivity contribution < 1.29 is 9.59 Å². The number of rotatable bonds is 1. The summed E-state index contributed by atoms with van der Waals surface area (Å²) < 4.78 is 0. The molecule has 1 heterocycles. The Morgan fingerprint density at radius 2 is 1.94 bits per heavy atom. The summed E-state index contributed by atoms with van der Waals surface area (Å²) in [4.78, 5) is 25.4. The molecule has 0 bridgehead atoms. The maximum absolute atomic E-state index is 12.2. The van der Waals surface area contributed by atoms with Crippen molar-refractivity contribution in [3.8, 4) is 0 Å².